The third-order valence-electron chi connectivity index (χ3n) is 1.98. The van der Waals surface area contributed by atoms with Gasteiger partial charge in [-0.25, -0.2) is 4.39 Å². The van der Waals surface area contributed by atoms with Crippen molar-refractivity contribution in [2.24, 2.45) is 0 Å². The van der Waals surface area contributed by atoms with Crippen molar-refractivity contribution in [2.45, 2.75) is 0 Å². The second-order valence-electron chi connectivity index (χ2n) is 3.00. The minimum atomic E-state index is -0.520. The number of rotatable bonds is 1. The summed E-state index contributed by atoms with van der Waals surface area (Å²) in [5.41, 5.74) is 0.506. The van der Waals surface area contributed by atoms with Gasteiger partial charge in [-0.3, -0.25) is 14.9 Å². The van der Waals surface area contributed by atoms with Gasteiger partial charge in [0.25, 0.3) is 11.8 Å². The standard InChI is InChI=1S/C10H5ClFNO2/c11-8-3-5(12)1-2-6(8)7-4-9(14)13-10(7)15/h1-4H,(H,13,14,15). The molecular weight excluding hydrogens is 221 g/mol. The van der Waals surface area contributed by atoms with Gasteiger partial charge in [-0.15, -0.1) is 0 Å². The molecule has 0 saturated carbocycles. The Labute approximate surface area is 89.5 Å². The van der Waals surface area contributed by atoms with Gasteiger partial charge in [0.2, 0.25) is 0 Å². The van der Waals surface area contributed by atoms with Crippen molar-refractivity contribution in [3.63, 3.8) is 0 Å². The van der Waals surface area contributed by atoms with Crippen LogP contribution in [0.25, 0.3) is 5.57 Å². The lowest BCUT2D eigenvalue weighted by atomic mass is 10.1. The molecule has 1 heterocycles. The van der Waals surface area contributed by atoms with E-state index in [1.807, 2.05) is 0 Å². The molecule has 1 aliphatic heterocycles. The highest BCUT2D eigenvalue weighted by molar-refractivity contribution is 6.39. The summed E-state index contributed by atoms with van der Waals surface area (Å²) in [6, 6.07) is 3.63. The Balaban J connectivity index is 2.51. The van der Waals surface area contributed by atoms with Gasteiger partial charge >= 0.3 is 0 Å². The SMILES string of the molecule is O=C1C=C(c2ccc(F)cc2Cl)C(=O)N1. The number of benzene rings is 1. The van der Waals surface area contributed by atoms with E-state index < -0.39 is 17.6 Å². The van der Waals surface area contributed by atoms with E-state index >= 15 is 0 Å². The van der Waals surface area contributed by atoms with Crippen LogP contribution in [-0.2, 0) is 9.59 Å². The summed E-state index contributed by atoms with van der Waals surface area (Å²) in [5.74, 6) is -1.50. The number of hydrogen-bond acceptors (Lipinski definition) is 2. The average Bonchev–Trinajstić information content (AvgIpc) is 2.45. The van der Waals surface area contributed by atoms with E-state index in [2.05, 4.69) is 5.32 Å². The molecule has 0 spiro atoms. The lowest BCUT2D eigenvalue weighted by Crippen LogP contribution is -2.21. The maximum Gasteiger partial charge on any atom is 0.258 e. The highest BCUT2D eigenvalue weighted by Gasteiger charge is 2.23. The first-order valence-corrected chi connectivity index (χ1v) is 4.48. The predicted molar refractivity (Wildman–Crippen MR) is 52.5 cm³/mol. The smallest absolute Gasteiger partial charge is 0.258 e. The summed E-state index contributed by atoms with van der Waals surface area (Å²) < 4.78 is 12.7. The molecule has 0 unspecified atom stereocenters. The van der Waals surface area contributed by atoms with Gasteiger partial charge in [0.05, 0.1) is 10.6 Å². The van der Waals surface area contributed by atoms with Gasteiger partial charge in [-0.1, -0.05) is 11.6 Å². The molecule has 15 heavy (non-hydrogen) atoms. The van der Waals surface area contributed by atoms with E-state index in [1.165, 1.54) is 12.1 Å². The third kappa shape index (κ3) is 1.76. The molecule has 76 valence electrons. The maximum absolute atomic E-state index is 12.7. The predicted octanol–water partition coefficient (Wildman–Crippen LogP) is 1.52. The first-order valence-electron chi connectivity index (χ1n) is 4.10. The molecular formula is C10H5ClFNO2. The number of carbonyl (C=O) groups excluding carboxylic acids is 2. The van der Waals surface area contributed by atoms with Gasteiger partial charge in [0.1, 0.15) is 5.82 Å². The van der Waals surface area contributed by atoms with Crippen LogP contribution in [0.2, 0.25) is 5.02 Å². The van der Waals surface area contributed by atoms with Crippen molar-refractivity contribution < 1.29 is 14.0 Å². The van der Waals surface area contributed by atoms with Crippen molar-refractivity contribution in [2.75, 3.05) is 0 Å². The molecule has 3 nitrogen and oxygen atoms in total. The molecule has 0 atom stereocenters. The molecule has 0 saturated heterocycles. The lowest BCUT2D eigenvalue weighted by molar-refractivity contribution is -0.123. The molecule has 0 bridgehead atoms. The summed E-state index contributed by atoms with van der Waals surface area (Å²) in [5, 5.41) is 2.19. The van der Waals surface area contributed by atoms with Crippen molar-refractivity contribution >= 4 is 29.0 Å². The first kappa shape index (κ1) is 9.86. The number of halogens is 2. The van der Waals surface area contributed by atoms with Crippen molar-refractivity contribution in [1.82, 2.24) is 5.32 Å². The molecule has 2 amide bonds. The van der Waals surface area contributed by atoms with Crippen LogP contribution in [-0.4, -0.2) is 11.8 Å². The fourth-order valence-electron chi connectivity index (χ4n) is 1.32. The van der Waals surface area contributed by atoms with E-state index in [4.69, 9.17) is 11.6 Å². The summed E-state index contributed by atoms with van der Waals surface area (Å²) in [4.78, 5) is 22.2. The monoisotopic (exact) mass is 225 g/mol. The molecule has 0 fully saturated rings. The Bertz CT molecular complexity index is 496. The van der Waals surface area contributed by atoms with Gasteiger partial charge < -0.3 is 0 Å². The Morgan fingerprint density at radius 3 is 2.53 bits per heavy atom. The summed E-state index contributed by atoms with van der Waals surface area (Å²) in [7, 11) is 0. The molecule has 1 aromatic carbocycles. The normalized spacial score (nSPS) is 15.2. The largest absolute Gasteiger partial charge is 0.289 e. The molecule has 0 aromatic heterocycles. The average molecular weight is 226 g/mol. The van der Waals surface area contributed by atoms with Crippen molar-refractivity contribution in [3.8, 4) is 0 Å². The second kappa shape index (κ2) is 3.47. The second-order valence-corrected chi connectivity index (χ2v) is 3.41. The number of nitrogens with one attached hydrogen (secondary N) is 1. The molecule has 1 N–H and O–H groups in total. The van der Waals surface area contributed by atoms with Gasteiger partial charge in [0, 0.05) is 11.6 Å². The van der Waals surface area contributed by atoms with E-state index in [0.717, 1.165) is 12.1 Å². The number of carbonyl (C=O) groups is 2. The summed E-state index contributed by atoms with van der Waals surface area (Å²) in [6.45, 7) is 0. The quantitative estimate of drug-likeness (QED) is 0.737. The minimum Gasteiger partial charge on any atom is -0.289 e. The fourth-order valence-corrected chi connectivity index (χ4v) is 1.59. The van der Waals surface area contributed by atoms with E-state index in [9.17, 15) is 14.0 Å². The van der Waals surface area contributed by atoms with Crippen LogP contribution in [0.3, 0.4) is 0 Å². The summed E-state index contributed by atoms with van der Waals surface area (Å²) >= 11 is 5.75. The zero-order valence-corrected chi connectivity index (χ0v) is 8.14. The van der Waals surface area contributed by atoms with E-state index in [0.29, 0.717) is 5.56 Å². The Hall–Kier alpha value is -1.68. The number of hydrogen-bond donors (Lipinski definition) is 1. The molecule has 1 aliphatic rings. The van der Waals surface area contributed by atoms with Crippen molar-refractivity contribution in [1.29, 1.82) is 0 Å². The van der Waals surface area contributed by atoms with Crippen LogP contribution < -0.4 is 5.32 Å². The zero-order valence-electron chi connectivity index (χ0n) is 7.38. The van der Waals surface area contributed by atoms with E-state index in [1.54, 1.807) is 0 Å². The number of amides is 2. The lowest BCUT2D eigenvalue weighted by Gasteiger charge is -2.02. The first-order chi connectivity index (χ1) is 7.08. The maximum atomic E-state index is 12.7. The zero-order chi connectivity index (χ0) is 11.0. The molecule has 5 heteroatoms. The minimum absolute atomic E-state index is 0.103. The third-order valence-corrected chi connectivity index (χ3v) is 2.29. The van der Waals surface area contributed by atoms with Crippen LogP contribution in [0.5, 0.6) is 0 Å². The van der Waals surface area contributed by atoms with Crippen LogP contribution in [0, 0.1) is 5.82 Å². The molecule has 1 aromatic rings. The van der Waals surface area contributed by atoms with Crippen LogP contribution in [0.15, 0.2) is 24.3 Å². The highest BCUT2D eigenvalue weighted by atomic mass is 35.5. The van der Waals surface area contributed by atoms with Gasteiger partial charge in [-0.2, -0.15) is 0 Å². The highest BCUT2D eigenvalue weighted by Crippen LogP contribution is 2.26. The van der Waals surface area contributed by atoms with Crippen LogP contribution in [0.1, 0.15) is 5.56 Å². The summed E-state index contributed by atoms with van der Waals surface area (Å²) in [6.07, 6.45) is 1.14. The van der Waals surface area contributed by atoms with Crippen molar-refractivity contribution in [3.05, 3.63) is 40.7 Å². The molecule has 0 radical (unpaired) electrons. The topological polar surface area (TPSA) is 46.2 Å². The fraction of sp³-hybridized carbons (Fsp3) is 0. The van der Waals surface area contributed by atoms with Crippen LogP contribution >= 0.6 is 11.6 Å². The number of imide groups is 1. The molecule has 0 aliphatic carbocycles. The Kier molecular flexibility index (Phi) is 2.28. The van der Waals surface area contributed by atoms with Crippen LogP contribution in [0.4, 0.5) is 4.39 Å². The van der Waals surface area contributed by atoms with Gasteiger partial charge in [-0.05, 0) is 18.2 Å². The Morgan fingerprint density at radius 2 is 2.00 bits per heavy atom. The van der Waals surface area contributed by atoms with E-state index in [-0.39, 0.29) is 10.6 Å². The molecule has 2 rings (SSSR count). The van der Waals surface area contributed by atoms with Gasteiger partial charge in [0.15, 0.2) is 0 Å². The Morgan fingerprint density at radius 1 is 1.27 bits per heavy atom.